The summed E-state index contributed by atoms with van der Waals surface area (Å²) in [4.78, 5) is 20.9. The minimum atomic E-state index is -3.74. The van der Waals surface area contributed by atoms with Gasteiger partial charge < -0.3 is 4.74 Å². The van der Waals surface area contributed by atoms with Crippen molar-refractivity contribution in [3.05, 3.63) is 74.9 Å². The first-order valence-corrected chi connectivity index (χ1v) is 11.4. The number of rotatable bonds is 6. The Hall–Kier alpha value is -2.39. The molecule has 0 aliphatic heterocycles. The Balaban J connectivity index is 2.04. The topological polar surface area (TPSA) is 98.3 Å². The normalized spacial score (nSPS) is 11.2. The molecular formula is C19H14Cl3N3O4S. The highest BCUT2D eigenvalue weighted by molar-refractivity contribution is 7.92. The Bertz CT molecular complexity index is 1210. The predicted octanol–water partition coefficient (Wildman–Crippen LogP) is 4.83. The SMILES string of the molecule is CS(=O)(=O)Nc1nc(-c2ccc(Cl)cc2Cl)nc(C(=O)OCc2ccccc2)c1Cl. The van der Waals surface area contributed by atoms with E-state index in [2.05, 4.69) is 14.7 Å². The summed E-state index contributed by atoms with van der Waals surface area (Å²) in [7, 11) is -3.74. The molecule has 0 spiro atoms. The summed E-state index contributed by atoms with van der Waals surface area (Å²) in [5.41, 5.74) is 0.771. The van der Waals surface area contributed by atoms with Gasteiger partial charge in [-0.15, -0.1) is 0 Å². The molecule has 30 heavy (non-hydrogen) atoms. The van der Waals surface area contributed by atoms with Crippen LogP contribution in [0, 0.1) is 0 Å². The number of carbonyl (C=O) groups excluding carboxylic acids is 1. The molecule has 1 aromatic heterocycles. The van der Waals surface area contributed by atoms with E-state index in [1.54, 1.807) is 30.3 Å². The predicted molar refractivity (Wildman–Crippen MR) is 117 cm³/mol. The zero-order valence-corrected chi connectivity index (χ0v) is 18.5. The van der Waals surface area contributed by atoms with Gasteiger partial charge in [0.15, 0.2) is 17.3 Å². The fourth-order valence-corrected chi connectivity index (χ4v) is 3.67. The molecule has 3 aromatic rings. The lowest BCUT2D eigenvalue weighted by atomic mass is 10.2. The number of sulfonamides is 1. The Morgan fingerprint density at radius 2 is 1.77 bits per heavy atom. The Kier molecular flexibility index (Phi) is 6.82. The number of anilines is 1. The van der Waals surface area contributed by atoms with Crippen molar-refractivity contribution in [1.82, 2.24) is 9.97 Å². The Morgan fingerprint density at radius 3 is 2.40 bits per heavy atom. The number of esters is 1. The van der Waals surface area contributed by atoms with Gasteiger partial charge in [0, 0.05) is 10.6 Å². The van der Waals surface area contributed by atoms with Crippen LogP contribution in [-0.4, -0.2) is 30.6 Å². The van der Waals surface area contributed by atoms with E-state index in [1.807, 2.05) is 6.07 Å². The first-order valence-electron chi connectivity index (χ1n) is 8.36. The van der Waals surface area contributed by atoms with Crippen molar-refractivity contribution < 1.29 is 17.9 Å². The van der Waals surface area contributed by atoms with Gasteiger partial charge in [0.1, 0.15) is 11.6 Å². The molecule has 156 valence electrons. The number of halogens is 3. The average Bonchev–Trinajstić information content (AvgIpc) is 2.67. The van der Waals surface area contributed by atoms with Gasteiger partial charge in [-0.3, -0.25) is 4.72 Å². The van der Waals surface area contributed by atoms with Crippen LogP contribution < -0.4 is 4.72 Å². The summed E-state index contributed by atoms with van der Waals surface area (Å²) < 4.78 is 30.9. The van der Waals surface area contributed by atoms with Crippen LogP contribution in [0.2, 0.25) is 15.1 Å². The number of nitrogens with one attached hydrogen (secondary N) is 1. The summed E-state index contributed by atoms with van der Waals surface area (Å²) in [5, 5.41) is 0.292. The molecule has 7 nitrogen and oxygen atoms in total. The van der Waals surface area contributed by atoms with E-state index < -0.39 is 16.0 Å². The molecule has 0 fully saturated rings. The molecule has 0 bridgehead atoms. The monoisotopic (exact) mass is 485 g/mol. The van der Waals surface area contributed by atoms with Crippen molar-refractivity contribution in [2.45, 2.75) is 6.61 Å². The van der Waals surface area contributed by atoms with Crippen LogP contribution in [0.3, 0.4) is 0 Å². The molecule has 3 rings (SSSR count). The number of ether oxygens (including phenoxy) is 1. The van der Waals surface area contributed by atoms with Crippen LogP contribution in [0.4, 0.5) is 5.82 Å². The van der Waals surface area contributed by atoms with Crippen LogP contribution in [0.1, 0.15) is 16.1 Å². The molecule has 1 N–H and O–H groups in total. The first kappa shape index (κ1) is 22.3. The van der Waals surface area contributed by atoms with E-state index in [0.29, 0.717) is 10.6 Å². The second-order valence-corrected chi connectivity index (χ2v) is 9.09. The lowest BCUT2D eigenvalue weighted by molar-refractivity contribution is 0.0466. The molecule has 0 aliphatic rings. The molecule has 2 aromatic carbocycles. The van der Waals surface area contributed by atoms with Crippen molar-refractivity contribution in [3.8, 4) is 11.4 Å². The number of nitrogens with zero attached hydrogens (tertiary/aromatic N) is 2. The third-order valence-electron chi connectivity index (χ3n) is 3.71. The minimum Gasteiger partial charge on any atom is -0.456 e. The summed E-state index contributed by atoms with van der Waals surface area (Å²) in [6, 6.07) is 13.6. The van der Waals surface area contributed by atoms with E-state index in [1.165, 1.54) is 12.1 Å². The maximum Gasteiger partial charge on any atom is 0.359 e. The Morgan fingerprint density at radius 1 is 1.07 bits per heavy atom. The highest BCUT2D eigenvalue weighted by atomic mass is 35.5. The fraction of sp³-hybridized carbons (Fsp3) is 0.105. The second-order valence-electron chi connectivity index (χ2n) is 6.12. The van der Waals surface area contributed by atoms with Gasteiger partial charge >= 0.3 is 5.97 Å². The van der Waals surface area contributed by atoms with Gasteiger partial charge in [-0.05, 0) is 23.8 Å². The maximum atomic E-state index is 12.7. The van der Waals surface area contributed by atoms with Crippen molar-refractivity contribution in [2.75, 3.05) is 11.0 Å². The number of benzene rings is 2. The largest absolute Gasteiger partial charge is 0.456 e. The van der Waals surface area contributed by atoms with Crippen molar-refractivity contribution in [3.63, 3.8) is 0 Å². The molecule has 0 saturated carbocycles. The molecule has 0 amide bonds. The van der Waals surface area contributed by atoms with Crippen LogP contribution in [0.25, 0.3) is 11.4 Å². The minimum absolute atomic E-state index is 0.0219. The van der Waals surface area contributed by atoms with Crippen LogP contribution >= 0.6 is 34.8 Å². The Labute approximate surface area is 188 Å². The summed E-state index contributed by atoms with van der Waals surface area (Å²) in [6.45, 7) is -0.0219. The summed E-state index contributed by atoms with van der Waals surface area (Å²) in [6.07, 6.45) is 0.924. The van der Waals surface area contributed by atoms with E-state index >= 15 is 0 Å². The number of carbonyl (C=O) groups is 1. The van der Waals surface area contributed by atoms with Gasteiger partial charge in [0.25, 0.3) is 0 Å². The number of hydrogen-bond acceptors (Lipinski definition) is 6. The molecule has 11 heteroatoms. The highest BCUT2D eigenvalue weighted by Crippen LogP contribution is 2.32. The van der Waals surface area contributed by atoms with Crippen LogP contribution in [-0.2, 0) is 21.4 Å². The number of hydrogen-bond donors (Lipinski definition) is 1. The zero-order valence-electron chi connectivity index (χ0n) is 15.4. The van der Waals surface area contributed by atoms with E-state index in [0.717, 1.165) is 11.8 Å². The van der Waals surface area contributed by atoms with E-state index in [9.17, 15) is 13.2 Å². The molecule has 0 atom stereocenters. The average molecular weight is 487 g/mol. The van der Waals surface area contributed by atoms with Crippen molar-refractivity contribution in [1.29, 1.82) is 0 Å². The third kappa shape index (κ3) is 5.60. The summed E-state index contributed by atoms with van der Waals surface area (Å²) in [5.74, 6) is -1.16. The van der Waals surface area contributed by atoms with Crippen LogP contribution in [0.5, 0.6) is 0 Å². The van der Waals surface area contributed by atoms with Gasteiger partial charge in [-0.25, -0.2) is 23.2 Å². The fourth-order valence-electron chi connectivity index (χ4n) is 2.41. The first-order chi connectivity index (χ1) is 14.1. The third-order valence-corrected chi connectivity index (χ3v) is 5.18. The maximum absolute atomic E-state index is 12.7. The van der Waals surface area contributed by atoms with Crippen molar-refractivity contribution in [2.24, 2.45) is 0 Å². The van der Waals surface area contributed by atoms with Crippen LogP contribution in [0.15, 0.2) is 48.5 Å². The van der Waals surface area contributed by atoms with Crippen molar-refractivity contribution >= 4 is 56.6 Å². The molecule has 1 heterocycles. The van der Waals surface area contributed by atoms with E-state index in [-0.39, 0.29) is 34.0 Å². The van der Waals surface area contributed by atoms with Gasteiger partial charge in [0.05, 0.1) is 11.3 Å². The lowest BCUT2D eigenvalue weighted by Gasteiger charge is -2.12. The smallest absolute Gasteiger partial charge is 0.359 e. The van der Waals surface area contributed by atoms with Gasteiger partial charge in [-0.1, -0.05) is 65.1 Å². The standard InChI is InChI=1S/C19H14Cl3N3O4S/c1-30(27,28)25-18-15(22)16(19(26)29-10-11-5-3-2-4-6-11)23-17(24-18)13-8-7-12(20)9-14(13)21/h2-9H,10H2,1H3,(H,23,24,25). The van der Waals surface area contributed by atoms with E-state index in [4.69, 9.17) is 39.5 Å². The molecular weight excluding hydrogens is 473 g/mol. The summed E-state index contributed by atoms with van der Waals surface area (Å²) >= 11 is 18.3. The second kappa shape index (κ2) is 9.18. The highest BCUT2D eigenvalue weighted by Gasteiger charge is 2.23. The molecule has 0 saturated heterocycles. The lowest BCUT2D eigenvalue weighted by Crippen LogP contribution is -2.16. The van der Waals surface area contributed by atoms with Gasteiger partial charge in [-0.2, -0.15) is 0 Å². The quantitative estimate of drug-likeness (QED) is 0.501. The van der Waals surface area contributed by atoms with Gasteiger partial charge in [0.2, 0.25) is 10.0 Å². The molecule has 0 aliphatic carbocycles. The molecule has 0 radical (unpaired) electrons. The number of aromatic nitrogens is 2. The molecule has 0 unspecified atom stereocenters. The zero-order chi connectivity index (χ0) is 21.9.